The molecule has 9 heteroatoms. The predicted molar refractivity (Wildman–Crippen MR) is 111 cm³/mol. The Morgan fingerprint density at radius 2 is 2.32 bits per heavy atom. The number of aryl methyl sites for hydroxylation is 1. The summed E-state index contributed by atoms with van der Waals surface area (Å²) < 4.78 is 7.13. The van der Waals surface area contributed by atoms with E-state index in [1.165, 1.54) is 9.88 Å². The summed E-state index contributed by atoms with van der Waals surface area (Å²) in [5.41, 5.74) is 0. The molecule has 1 aliphatic heterocycles. The van der Waals surface area contributed by atoms with Crippen LogP contribution in [0.1, 0.15) is 48.7 Å². The van der Waals surface area contributed by atoms with Crippen molar-refractivity contribution in [2.45, 2.75) is 65.8 Å². The summed E-state index contributed by atoms with van der Waals surface area (Å²) in [6.07, 6.45) is 4.89. The topological polar surface area (TPSA) is 89.2 Å². The van der Waals surface area contributed by atoms with E-state index < -0.39 is 0 Å². The van der Waals surface area contributed by atoms with Crippen LogP contribution in [0.4, 0.5) is 0 Å². The highest BCUT2D eigenvalue weighted by atomic mass is 32.1. The second-order valence-corrected chi connectivity index (χ2v) is 8.65. The van der Waals surface area contributed by atoms with E-state index in [9.17, 15) is 0 Å². The Morgan fingerprint density at radius 3 is 3.07 bits per heavy atom. The van der Waals surface area contributed by atoms with E-state index in [0.717, 1.165) is 50.0 Å². The van der Waals surface area contributed by atoms with E-state index in [0.29, 0.717) is 19.1 Å². The zero-order valence-corrected chi connectivity index (χ0v) is 18.1. The minimum atomic E-state index is 0.278. The fraction of sp³-hybridized carbons (Fsp3) is 0.684. The van der Waals surface area contributed by atoms with Gasteiger partial charge < -0.3 is 15.4 Å². The molecule has 0 amide bonds. The number of thiazole rings is 1. The van der Waals surface area contributed by atoms with Gasteiger partial charge in [0.1, 0.15) is 12.4 Å². The second-order valence-electron chi connectivity index (χ2n) is 7.45. The minimum Gasteiger partial charge on any atom is -0.377 e. The maximum Gasteiger partial charge on any atom is 0.191 e. The van der Waals surface area contributed by atoms with Gasteiger partial charge in [0.2, 0.25) is 0 Å². The lowest BCUT2D eigenvalue weighted by Gasteiger charge is -2.25. The van der Waals surface area contributed by atoms with Gasteiger partial charge in [-0.05, 0) is 19.3 Å². The number of fused-ring (bicyclic) bond motifs is 1. The summed E-state index contributed by atoms with van der Waals surface area (Å²) in [4.78, 5) is 15.0. The van der Waals surface area contributed by atoms with Gasteiger partial charge >= 0.3 is 0 Å². The van der Waals surface area contributed by atoms with Crippen LogP contribution in [0.2, 0.25) is 0 Å². The number of aromatic nitrogens is 4. The third-order valence-corrected chi connectivity index (χ3v) is 5.44. The van der Waals surface area contributed by atoms with Crippen molar-refractivity contribution in [3.63, 3.8) is 0 Å². The average Bonchev–Trinajstić information content (AvgIpc) is 3.25. The predicted octanol–water partition coefficient (Wildman–Crippen LogP) is 2.15. The SMILES string of the molecule is CCNC(=NCc1cnc(CC(C)C)s1)NC1CCc2nc(COC)nn2C1. The van der Waals surface area contributed by atoms with E-state index in [1.54, 1.807) is 18.4 Å². The van der Waals surface area contributed by atoms with Crippen molar-refractivity contribution in [3.8, 4) is 0 Å². The molecule has 0 aromatic carbocycles. The highest BCUT2D eigenvalue weighted by molar-refractivity contribution is 7.11. The quantitative estimate of drug-likeness (QED) is 0.517. The van der Waals surface area contributed by atoms with Crippen LogP contribution in [0, 0.1) is 5.92 Å². The molecule has 0 saturated heterocycles. The van der Waals surface area contributed by atoms with Gasteiger partial charge in [-0.2, -0.15) is 5.10 Å². The van der Waals surface area contributed by atoms with Gasteiger partial charge in [-0.1, -0.05) is 13.8 Å². The van der Waals surface area contributed by atoms with Gasteiger partial charge in [-0.15, -0.1) is 11.3 Å². The van der Waals surface area contributed by atoms with Gasteiger partial charge in [-0.3, -0.25) is 0 Å². The Bertz CT molecular complexity index is 783. The van der Waals surface area contributed by atoms with Crippen LogP contribution in [0.5, 0.6) is 0 Å². The number of hydrogen-bond donors (Lipinski definition) is 2. The lowest BCUT2D eigenvalue weighted by atomic mass is 10.1. The molecule has 0 aliphatic carbocycles. The molecule has 1 unspecified atom stereocenters. The van der Waals surface area contributed by atoms with E-state index in [2.05, 4.69) is 46.5 Å². The lowest BCUT2D eigenvalue weighted by molar-refractivity contribution is 0.177. The summed E-state index contributed by atoms with van der Waals surface area (Å²) >= 11 is 1.76. The van der Waals surface area contributed by atoms with Crippen molar-refractivity contribution >= 4 is 17.3 Å². The molecule has 2 aromatic rings. The van der Waals surface area contributed by atoms with Crippen molar-refractivity contribution in [1.82, 2.24) is 30.4 Å². The molecule has 0 radical (unpaired) electrons. The molecule has 0 fully saturated rings. The Hall–Kier alpha value is -2.00. The highest BCUT2D eigenvalue weighted by Gasteiger charge is 2.22. The Balaban J connectivity index is 1.59. The Kier molecular flexibility index (Phi) is 7.38. The number of rotatable bonds is 8. The molecule has 3 heterocycles. The summed E-state index contributed by atoms with van der Waals surface area (Å²) in [5.74, 6) is 3.25. The summed E-state index contributed by atoms with van der Waals surface area (Å²) in [7, 11) is 1.67. The van der Waals surface area contributed by atoms with Gasteiger partial charge in [0.15, 0.2) is 11.8 Å². The molecule has 2 N–H and O–H groups in total. The van der Waals surface area contributed by atoms with E-state index >= 15 is 0 Å². The average molecular weight is 406 g/mol. The van der Waals surface area contributed by atoms with Crippen molar-refractivity contribution in [2.24, 2.45) is 10.9 Å². The fourth-order valence-electron chi connectivity index (χ4n) is 3.20. The van der Waals surface area contributed by atoms with E-state index in [1.807, 2.05) is 10.9 Å². The van der Waals surface area contributed by atoms with Crippen LogP contribution in [0.3, 0.4) is 0 Å². The summed E-state index contributed by atoms with van der Waals surface area (Å²) in [6, 6.07) is 0.278. The van der Waals surface area contributed by atoms with Crippen LogP contribution in [-0.2, 0) is 37.3 Å². The van der Waals surface area contributed by atoms with Crippen LogP contribution in [0.15, 0.2) is 11.2 Å². The maximum absolute atomic E-state index is 5.14. The molecule has 0 bridgehead atoms. The monoisotopic (exact) mass is 405 g/mol. The first kappa shape index (κ1) is 20.7. The first-order valence-electron chi connectivity index (χ1n) is 9.97. The molecule has 28 heavy (non-hydrogen) atoms. The number of guanidine groups is 1. The number of nitrogens with zero attached hydrogens (tertiary/aromatic N) is 5. The highest BCUT2D eigenvalue weighted by Crippen LogP contribution is 2.17. The van der Waals surface area contributed by atoms with Crippen LogP contribution in [0.25, 0.3) is 0 Å². The molecule has 8 nitrogen and oxygen atoms in total. The van der Waals surface area contributed by atoms with Crippen molar-refractivity contribution < 1.29 is 4.74 Å². The van der Waals surface area contributed by atoms with Crippen molar-refractivity contribution in [3.05, 3.63) is 27.7 Å². The molecule has 1 aliphatic rings. The van der Waals surface area contributed by atoms with E-state index in [4.69, 9.17) is 9.73 Å². The second kappa shape index (κ2) is 9.97. The molecular formula is C19H31N7OS. The first-order valence-corrected chi connectivity index (χ1v) is 10.8. The first-order chi connectivity index (χ1) is 13.6. The maximum atomic E-state index is 5.14. The third kappa shape index (κ3) is 5.75. The van der Waals surface area contributed by atoms with Crippen LogP contribution < -0.4 is 10.6 Å². The van der Waals surface area contributed by atoms with Crippen LogP contribution in [-0.4, -0.2) is 45.4 Å². The number of hydrogen-bond acceptors (Lipinski definition) is 6. The number of methoxy groups -OCH3 is 1. The minimum absolute atomic E-state index is 0.278. The van der Waals surface area contributed by atoms with E-state index in [-0.39, 0.29) is 6.04 Å². The molecule has 0 saturated carbocycles. The summed E-state index contributed by atoms with van der Waals surface area (Å²) in [6.45, 7) is 9.23. The Morgan fingerprint density at radius 1 is 1.46 bits per heavy atom. The Labute approximate surface area is 170 Å². The van der Waals surface area contributed by atoms with Crippen molar-refractivity contribution in [1.29, 1.82) is 0 Å². The van der Waals surface area contributed by atoms with Crippen molar-refractivity contribution in [2.75, 3.05) is 13.7 Å². The van der Waals surface area contributed by atoms with Gasteiger partial charge in [0.05, 0.1) is 18.1 Å². The molecule has 3 rings (SSSR count). The third-order valence-electron chi connectivity index (χ3n) is 4.44. The zero-order chi connectivity index (χ0) is 19.9. The normalized spacial score (nSPS) is 17.0. The largest absolute Gasteiger partial charge is 0.377 e. The van der Waals surface area contributed by atoms with Crippen LogP contribution >= 0.6 is 11.3 Å². The molecular weight excluding hydrogens is 374 g/mol. The zero-order valence-electron chi connectivity index (χ0n) is 17.2. The number of nitrogens with one attached hydrogen (secondary N) is 2. The van der Waals surface area contributed by atoms with Gasteiger partial charge in [0.25, 0.3) is 0 Å². The summed E-state index contributed by atoms with van der Waals surface area (Å²) in [5, 5.41) is 12.6. The van der Waals surface area contributed by atoms with Gasteiger partial charge in [-0.25, -0.2) is 19.6 Å². The smallest absolute Gasteiger partial charge is 0.191 e. The molecule has 2 aromatic heterocycles. The van der Waals surface area contributed by atoms with Gasteiger partial charge in [0, 0.05) is 43.6 Å². The fourth-order valence-corrected chi connectivity index (χ4v) is 4.26. The molecule has 0 spiro atoms. The lowest BCUT2D eigenvalue weighted by Crippen LogP contribution is -2.47. The molecule has 154 valence electrons. The molecule has 1 atom stereocenters. The standard InChI is InChI=1S/C19H31N7OS/c1-5-20-19(22-10-15-9-21-18(28-15)8-13(2)3)23-14-6-7-17-24-16(12-27-4)25-26(17)11-14/h9,13-14H,5-8,10-12H2,1-4H3,(H2,20,22,23). The number of aliphatic imine (C=N–C) groups is 1. The number of ether oxygens (including phenoxy) is 1.